The van der Waals surface area contributed by atoms with Crippen LogP contribution in [0.3, 0.4) is 0 Å². The van der Waals surface area contributed by atoms with Gasteiger partial charge in [-0.25, -0.2) is 5.01 Å². The van der Waals surface area contributed by atoms with E-state index in [1.807, 2.05) is 24.3 Å². The SMILES string of the molecule is O=C1NN(C(=O)c2cccc(Cl)c2)C2Cc3ccccc3C12. The number of amides is 2. The summed E-state index contributed by atoms with van der Waals surface area (Å²) >= 11 is 5.95. The van der Waals surface area contributed by atoms with E-state index in [4.69, 9.17) is 11.6 Å². The van der Waals surface area contributed by atoms with Gasteiger partial charge in [-0.1, -0.05) is 41.9 Å². The van der Waals surface area contributed by atoms with Crippen LogP contribution in [-0.2, 0) is 11.2 Å². The van der Waals surface area contributed by atoms with Crippen LogP contribution in [-0.4, -0.2) is 22.9 Å². The molecule has 1 fully saturated rings. The van der Waals surface area contributed by atoms with E-state index < -0.39 is 0 Å². The molecule has 2 aromatic carbocycles. The summed E-state index contributed by atoms with van der Waals surface area (Å²) in [5, 5.41) is 1.96. The standard InChI is InChI=1S/C17H13ClN2O2/c18-12-6-3-5-11(8-12)17(22)20-14-9-10-4-1-2-7-13(10)15(14)16(21)19-20/h1-8,14-15H,9H2,(H,19,21). The normalized spacial score (nSPS) is 22.2. The van der Waals surface area contributed by atoms with Crippen molar-refractivity contribution in [3.05, 3.63) is 70.2 Å². The van der Waals surface area contributed by atoms with E-state index in [1.54, 1.807) is 24.3 Å². The topological polar surface area (TPSA) is 49.4 Å². The Morgan fingerprint density at radius 1 is 1.18 bits per heavy atom. The number of hydrogen-bond donors (Lipinski definition) is 1. The minimum Gasteiger partial charge on any atom is -0.272 e. The first-order chi connectivity index (χ1) is 10.6. The molecule has 2 atom stereocenters. The molecule has 22 heavy (non-hydrogen) atoms. The molecular weight excluding hydrogens is 300 g/mol. The van der Waals surface area contributed by atoms with E-state index in [0.717, 1.165) is 11.1 Å². The Hall–Kier alpha value is -2.33. The first-order valence-corrected chi connectivity index (χ1v) is 7.50. The van der Waals surface area contributed by atoms with Crippen LogP contribution in [0.5, 0.6) is 0 Å². The van der Waals surface area contributed by atoms with E-state index >= 15 is 0 Å². The minimum atomic E-state index is -0.278. The Bertz CT molecular complexity index is 790. The number of hydrazine groups is 1. The number of carbonyl (C=O) groups excluding carboxylic acids is 2. The highest BCUT2D eigenvalue weighted by Gasteiger charge is 2.48. The van der Waals surface area contributed by atoms with E-state index in [1.165, 1.54) is 5.01 Å². The van der Waals surface area contributed by atoms with Crippen molar-refractivity contribution in [2.45, 2.75) is 18.4 Å². The second-order valence-electron chi connectivity index (χ2n) is 5.61. The molecule has 0 bridgehead atoms. The molecule has 0 spiro atoms. The highest BCUT2D eigenvalue weighted by molar-refractivity contribution is 6.31. The van der Waals surface area contributed by atoms with E-state index in [-0.39, 0.29) is 23.8 Å². The monoisotopic (exact) mass is 312 g/mol. The summed E-state index contributed by atoms with van der Waals surface area (Å²) in [4.78, 5) is 25.0. The maximum absolute atomic E-state index is 12.7. The van der Waals surface area contributed by atoms with Crippen LogP contribution in [0, 0.1) is 0 Å². The number of fused-ring (bicyclic) bond motifs is 3. The fourth-order valence-electron chi connectivity index (χ4n) is 3.36. The van der Waals surface area contributed by atoms with Crippen molar-refractivity contribution >= 4 is 23.4 Å². The average molecular weight is 313 g/mol. The van der Waals surface area contributed by atoms with Gasteiger partial charge in [-0.3, -0.25) is 15.0 Å². The molecule has 1 heterocycles. The molecule has 2 amide bonds. The number of benzene rings is 2. The van der Waals surface area contributed by atoms with Crippen molar-refractivity contribution in [3.63, 3.8) is 0 Å². The zero-order valence-corrected chi connectivity index (χ0v) is 12.4. The lowest BCUT2D eigenvalue weighted by atomic mass is 9.99. The number of rotatable bonds is 1. The zero-order chi connectivity index (χ0) is 15.3. The zero-order valence-electron chi connectivity index (χ0n) is 11.6. The third-order valence-corrected chi connectivity index (χ3v) is 4.57. The average Bonchev–Trinajstić information content (AvgIpc) is 3.04. The van der Waals surface area contributed by atoms with Crippen LogP contribution >= 0.6 is 11.6 Å². The predicted octanol–water partition coefficient (Wildman–Crippen LogP) is 2.54. The van der Waals surface area contributed by atoms with Crippen LogP contribution < -0.4 is 5.43 Å². The Kier molecular flexibility index (Phi) is 2.94. The molecule has 0 radical (unpaired) electrons. The van der Waals surface area contributed by atoms with Crippen molar-refractivity contribution in [3.8, 4) is 0 Å². The summed E-state index contributed by atoms with van der Waals surface area (Å²) in [6, 6.07) is 14.5. The van der Waals surface area contributed by atoms with Gasteiger partial charge >= 0.3 is 0 Å². The fraction of sp³-hybridized carbons (Fsp3) is 0.176. The van der Waals surface area contributed by atoms with Crippen LogP contribution in [0.2, 0.25) is 5.02 Å². The van der Waals surface area contributed by atoms with E-state index in [0.29, 0.717) is 17.0 Å². The smallest absolute Gasteiger partial charge is 0.272 e. The van der Waals surface area contributed by atoms with Gasteiger partial charge in [0.1, 0.15) is 0 Å². The summed E-state index contributed by atoms with van der Waals surface area (Å²) in [7, 11) is 0. The van der Waals surface area contributed by atoms with Crippen LogP contribution in [0.15, 0.2) is 48.5 Å². The summed E-state index contributed by atoms with van der Waals surface area (Å²) in [5.74, 6) is -0.624. The molecule has 1 saturated heterocycles. The van der Waals surface area contributed by atoms with Crippen LogP contribution in [0.25, 0.3) is 0 Å². The molecule has 1 aliphatic heterocycles. The molecule has 5 heteroatoms. The molecule has 0 aromatic heterocycles. The number of carbonyl (C=O) groups is 2. The Balaban J connectivity index is 1.69. The fourth-order valence-corrected chi connectivity index (χ4v) is 3.55. The first kappa shape index (κ1) is 13.3. The molecule has 4 nitrogen and oxygen atoms in total. The van der Waals surface area contributed by atoms with Crippen molar-refractivity contribution in [1.82, 2.24) is 10.4 Å². The van der Waals surface area contributed by atoms with E-state index in [2.05, 4.69) is 5.43 Å². The largest absolute Gasteiger partial charge is 0.272 e. The van der Waals surface area contributed by atoms with Gasteiger partial charge in [-0.2, -0.15) is 0 Å². The first-order valence-electron chi connectivity index (χ1n) is 7.12. The molecular formula is C17H13ClN2O2. The van der Waals surface area contributed by atoms with Crippen molar-refractivity contribution in [1.29, 1.82) is 0 Å². The maximum Gasteiger partial charge on any atom is 0.272 e. The quantitative estimate of drug-likeness (QED) is 0.879. The summed E-state index contributed by atoms with van der Waals surface area (Å²) < 4.78 is 0. The lowest BCUT2D eigenvalue weighted by molar-refractivity contribution is -0.121. The number of halogens is 1. The third-order valence-electron chi connectivity index (χ3n) is 4.34. The number of nitrogens with zero attached hydrogens (tertiary/aromatic N) is 1. The molecule has 1 N–H and O–H groups in total. The second-order valence-corrected chi connectivity index (χ2v) is 6.05. The summed E-state index contributed by atoms with van der Waals surface area (Å²) in [5.41, 5.74) is 5.35. The Morgan fingerprint density at radius 2 is 2.00 bits per heavy atom. The van der Waals surface area contributed by atoms with Crippen LogP contribution in [0.1, 0.15) is 27.4 Å². The van der Waals surface area contributed by atoms with E-state index in [9.17, 15) is 9.59 Å². The van der Waals surface area contributed by atoms with Gasteiger partial charge in [0.25, 0.3) is 5.91 Å². The molecule has 110 valence electrons. The molecule has 2 aromatic rings. The summed E-state index contributed by atoms with van der Waals surface area (Å²) in [6.45, 7) is 0. The maximum atomic E-state index is 12.7. The number of nitrogens with one attached hydrogen (secondary N) is 1. The van der Waals surface area contributed by atoms with Gasteiger partial charge in [0, 0.05) is 10.6 Å². The highest BCUT2D eigenvalue weighted by Crippen LogP contribution is 2.39. The van der Waals surface area contributed by atoms with Gasteiger partial charge in [0.15, 0.2) is 0 Å². The molecule has 4 rings (SSSR count). The number of hydrogen-bond acceptors (Lipinski definition) is 2. The van der Waals surface area contributed by atoms with Gasteiger partial charge in [-0.15, -0.1) is 0 Å². The predicted molar refractivity (Wildman–Crippen MR) is 82.4 cm³/mol. The van der Waals surface area contributed by atoms with Gasteiger partial charge < -0.3 is 0 Å². The lowest BCUT2D eigenvalue weighted by Gasteiger charge is -2.22. The van der Waals surface area contributed by atoms with Crippen molar-refractivity contribution in [2.75, 3.05) is 0 Å². The van der Waals surface area contributed by atoms with Crippen molar-refractivity contribution in [2.24, 2.45) is 0 Å². The molecule has 0 saturated carbocycles. The third kappa shape index (κ3) is 1.91. The van der Waals surface area contributed by atoms with Gasteiger partial charge in [0.05, 0.1) is 12.0 Å². The minimum absolute atomic E-state index is 0.120. The molecule has 2 unspecified atom stereocenters. The highest BCUT2D eigenvalue weighted by atomic mass is 35.5. The second kappa shape index (κ2) is 4.85. The lowest BCUT2D eigenvalue weighted by Crippen LogP contribution is -2.43. The Labute approximate surface area is 132 Å². The van der Waals surface area contributed by atoms with Gasteiger partial charge in [-0.05, 0) is 35.7 Å². The molecule has 2 aliphatic rings. The summed E-state index contributed by atoms with van der Waals surface area (Å²) in [6.07, 6.45) is 0.686. The molecule has 1 aliphatic carbocycles. The van der Waals surface area contributed by atoms with Crippen molar-refractivity contribution < 1.29 is 9.59 Å². The Morgan fingerprint density at radius 3 is 2.82 bits per heavy atom. The van der Waals surface area contributed by atoms with Crippen LogP contribution in [0.4, 0.5) is 0 Å². The van der Waals surface area contributed by atoms with Gasteiger partial charge in [0.2, 0.25) is 5.91 Å².